The zero-order chi connectivity index (χ0) is 14.9. The standard InChI is InChI=1S/C16H22BrNO2/c1-10-13(16(19)20-4)9-14(17)11(2)15(10)18(3)12-7-5-6-8-12/h9,12H,5-8H2,1-4H3. The number of methoxy groups -OCH3 is 1. The minimum absolute atomic E-state index is 0.274. The number of hydrogen-bond donors (Lipinski definition) is 0. The van der Waals surface area contributed by atoms with Crippen LogP contribution in [-0.4, -0.2) is 26.2 Å². The molecule has 3 nitrogen and oxygen atoms in total. The molecule has 1 aromatic rings. The number of hydrogen-bond acceptors (Lipinski definition) is 3. The highest BCUT2D eigenvalue weighted by atomic mass is 79.9. The molecule has 2 rings (SSSR count). The van der Waals surface area contributed by atoms with E-state index < -0.39 is 0 Å². The third kappa shape index (κ3) is 2.71. The lowest BCUT2D eigenvalue weighted by Gasteiger charge is -2.31. The molecule has 0 N–H and O–H groups in total. The van der Waals surface area contributed by atoms with Crippen LogP contribution in [0.4, 0.5) is 5.69 Å². The van der Waals surface area contributed by atoms with Crippen molar-refractivity contribution in [3.63, 3.8) is 0 Å². The highest BCUT2D eigenvalue weighted by Gasteiger charge is 2.25. The Labute approximate surface area is 129 Å². The van der Waals surface area contributed by atoms with Crippen LogP contribution in [0.3, 0.4) is 0 Å². The highest BCUT2D eigenvalue weighted by molar-refractivity contribution is 9.10. The van der Waals surface area contributed by atoms with Crippen molar-refractivity contribution in [2.75, 3.05) is 19.1 Å². The Morgan fingerprint density at radius 2 is 1.90 bits per heavy atom. The quantitative estimate of drug-likeness (QED) is 0.771. The topological polar surface area (TPSA) is 29.5 Å². The average molecular weight is 340 g/mol. The van der Waals surface area contributed by atoms with Gasteiger partial charge in [0.25, 0.3) is 0 Å². The summed E-state index contributed by atoms with van der Waals surface area (Å²) in [5.74, 6) is -0.274. The maximum Gasteiger partial charge on any atom is 0.338 e. The predicted molar refractivity (Wildman–Crippen MR) is 85.6 cm³/mol. The van der Waals surface area contributed by atoms with E-state index in [2.05, 4.69) is 34.8 Å². The number of nitrogens with zero attached hydrogens (tertiary/aromatic N) is 1. The maximum atomic E-state index is 11.9. The van der Waals surface area contributed by atoms with Gasteiger partial charge in [-0.05, 0) is 43.9 Å². The van der Waals surface area contributed by atoms with Gasteiger partial charge in [0.1, 0.15) is 0 Å². The molecule has 1 fully saturated rings. The van der Waals surface area contributed by atoms with Gasteiger partial charge in [0, 0.05) is 23.2 Å². The smallest absolute Gasteiger partial charge is 0.338 e. The van der Waals surface area contributed by atoms with Crippen molar-refractivity contribution < 1.29 is 9.53 Å². The number of anilines is 1. The van der Waals surface area contributed by atoms with E-state index in [-0.39, 0.29) is 5.97 Å². The van der Waals surface area contributed by atoms with E-state index in [0.717, 1.165) is 15.7 Å². The van der Waals surface area contributed by atoms with Gasteiger partial charge in [0.2, 0.25) is 0 Å². The van der Waals surface area contributed by atoms with Crippen LogP contribution in [0.1, 0.15) is 47.2 Å². The second-order valence-electron chi connectivity index (χ2n) is 5.55. The number of ether oxygens (including phenoxy) is 1. The van der Waals surface area contributed by atoms with Crippen molar-refractivity contribution in [2.45, 2.75) is 45.6 Å². The summed E-state index contributed by atoms with van der Waals surface area (Å²) < 4.78 is 5.86. The third-order valence-electron chi connectivity index (χ3n) is 4.37. The summed E-state index contributed by atoms with van der Waals surface area (Å²) in [6.45, 7) is 4.10. The van der Waals surface area contributed by atoms with Crippen LogP contribution in [0, 0.1) is 13.8 Å². The number of halogens is 1. The van der Waals surface area contributed by atoms with Crippen molar-refractivity contribution in [3.05, 3.63) is 27.2 Å². The molecule has 4 heteroatoms. The number of benzene rings is 1. The average Bonchev–Trinajstić information content (AvgIpc) is 2.96. The molecular weight excluding hydrogens is 318 g/mol. The molecule has 20 heavy (non-hydrogen) atoms. The second-order valence-corrected chi connectivity index (χ2v) is 6.40. The SMILES string of the molecule is COC(=O)c1cc(Br)c(C)c(N(C)C2CCCC2)c1C. The second kappa shape index (κ2) is 6.17. The van der Waals surface area contributed by atoms with Crippen LogP contribution in [-0.2, 0) is 4.74 Å². The lowest BCUT2D eigenvalue weighted by atomic mass is 10.0. The number of carbonyl (C=O) groups is 1. The van der Waals surface area contributed by atoms with E-state index in [1.54, 1.807) is 0 Å². The van der Waals surface area contributed by atoms with Crippen LogP contribution < -0.4 is 4.90 Å². The van der Waals surface area contributed by atoms with E-state index in [1.807, 2.05) is 13.0 Å². The molecule has 0 aromatic heterocycles. The fraction of sp³-hybridized carbons (Fsp3) is 0.562. The van der Waals surface area contributed by atoms with Gasteiger partial charge in [0.05, 0.1) is 12.7 Å². The molecule has 110 valence electrons. The predicted octanol–water partition coefficient (Wildman–Crippen LogP) is 4.23. The van der Waals surface area contributed by atoms with E-state index >= 15 is 0 Å². The van der Waals surface area contributed by atoms with Gasteiger partial charge >= 0.3 is 5.97 Å². The number of carbonyl (C=O) groups excluding carboxylic acids is 1. The summed E-state index contributed by atoms with van der Waals surface area (Å²) in [6, 6.07) is 2.44. The van der Waals surface area contributed by atoms with E-state index in [0.29, 0.717) is 11.6 Å². The first-order valence-corrected chi connectivity index (χ1v) is 7.87. The molecule has 0 amide bonds. The Morgan fingerprint density at radius 3 is 2.45 bits per heavy atom. The summed E-state index contributed by atoms with van der Waals surface area (Å²) in [5.41, 5.74) is 3.99. The lowest BCUT2D eigenvalue weighted by Crippen LogP contribution is -2.30. The van der Waals surface area contributed by atoms with E-state index in [1.165, 1.54) is 38.4 Å². The monoisotopic (exact) mass is 339 g/mol. The summed E-state index contributed by atoms with van der Waals surface area (Å²) in [6.07, 6.45) is 5.06. The molecule has 0 aliphatic heterocycles. The summed E-state index contributed by atoms with van der Waals surface area (Å²) >= 11 is 3.57. The molecule has 0 radical (unpaired) electrons. The van der Waals surface area contributed by atoms with Crippen molar-refractivity contribution >= 4 is 27.6 Å². The molecular formula is C16H22BrNO2. The van der Waals surface area contributed by atoms with Crippen LogP contribution in [0.25, 0.3) is 0 Å². The van der Waals surface area contributed by atoms with E-state index in [9.17, 15) is 4.79 Å². The summed E-state index contributed by atoms with van der Waals surface area (Å²) in [5, 5.41) is 0. The van der Waals surface area contributed by atoms with Gasteiger partial charge in [-0.15, -0.1) is 0 Å². The van der Waals surface area contributed by atoms with Crippen LogP contribution in [0.5, 0.6) is 0 Å². The molecule has 0 atom stereocenters. The van der Waals surface area contributed by atoms with E-state index in [4.69, 9.17) is 4.74 Å². The Hall–Kier alpha value is -1.03. The van der Waals surface area contributed by atoms with Crippen molar-refractivity contribution in [1.29, 1.82) is 0 Å². The van der Waals surface area contributed by atoms with Crippen LogP contribution >= 0.6 is 15.9 Å². The lowest BCUT2D eigenvalue weighted by molar-refractivity contribution is 0.0600. The molecule has 0 bridgehead atoms. The maximum absolute atomic E-state index is 11.9. The fourth-order valence-corrected chi connectivity index (χ4v) is 3.61. The Morgan fingerprint density at radius 1 is 1.30 bits per heavy atom. The molecule has 0 heterocycles. The normalized spacial score (nSPS) is 15.4. The Kier molecular flexibility index (Phi) is 4.74. The third-order valence-corrected chi connectivity index (χ3v) is 5.20. The zero-order valence-corrected chi connectivity index (χ0v) is 14.2. The van der Waals surface area contributed by atoms with Gasteiger partial charge in [0.15, 0.2) is 0 Å². The van der Waals surface area contributed by atoms with Crippen molar-refractivity contribution in [2.24, 2.45) is 0 Å². The Bertz CT molecular complexity index is 522. The minimum atomic E-state index is -0.274. The molecule has 1 aromatic carbocycles. The summed E-state index contributed by atoms with van der Waals surface area (Å²) in [7, 11) is 3.56. The molecule has 0 unspecified atom stereocenters. The Balaban J connectivity index is 2.50. The first-order valence-electron chi connectivity index (χ1n) is 7.08. The summed E-state index contributed by atoms with van der Waals surface area (Å²) in [4.78, 5) is 14.3. The number of esters is 1. The minimum Gasteiger partial charge on any atom is -0.465 e. The molecule has 0 saturated heterocycles. The zero-order valence-electron chi connectivity index (χ0n) is 12.6. The molecule has 1 aliphatic carbocycles. The van der Waals surface area contributed by atoms with Crippen molar-refractivity contribution in [3.8, 4) is 0 Å². The largest absolute Gasteiger partial charge is 0.465 e. The van der Waals surface area contributed by atoms with Crippen LogP contribution in [0.15, 0.2) is 10.5 Å². The highest BCUT2D eigenvalue weighted by Crippen LogP contribution is 2.36. The molecule has 0 spiro atoms. The molecule has 1 saturated carbocycles. The number of rotatable bonds is 3. The van der Waals surface area contributed by atoms with Crippen LogP contribution in [0.2, 0.25) is 0 Å². The fourth-order valence-electron chi connectivity index (χ4n) is 3.19. The van der Waals surface area contributed by atoms with Crippen molar-refractivity contribution in [1.82, 2.24) is 0 Å². The first-order chi connectivity index (χ1) is 9.47. The molecule has 1 aliphatic rings. The van der Waals surface area contributed by atoms with Gasteiger partial charge in [-0.2, -0.15) is 0 Å². The van der Waals surface area contributed by atoms with Gasteiger partial charge < -0.3 is 9.64 Å². The van der Waals surface area contributed by atoms with Gasteiger partial charge in [-0.25, -0.2) is 4.79 Å². The van der Waals surface area contributed by atoms with Gasteiger partial charge in [-0.1, -0.05) is 28.8 Å². The van der Waals surface area contributed by atoms with Gasteiger partial charge in [-0.3, -0.25) is 0 Å². The first kappa shape index (κ1) is 15.4.